The molecule has 4 nitrogen and oxygen atoms in total. The van der Waals surface area contributed by atoms with E-state index in [1.807, 2.05) is 37.3 Å². The lowest BCUT2D eigenvalue weighted by molar-refractivity contribution is -0.123. The monoisotopic (exact) mass is 339 g/mol. The topological polar surface area (TPSA) is 55.4 Å². The van der Waals surface area contributed by atoms with Crippen molar-refractivity contribution in [3.8, 4) is 0 Å². The third-order valence-electron chi connectivity index (χ3n) is 4.27. The number of hydrogen-bond donors (Lipinski definition) is 1. The Bertz CT molecular complexity index is 754. The number of ether oxygens (including phenoxy) is 1. The van der Waals surface area contributed by atoms with Crippen molar-refractivity contribution in [3.63, 3.8) is 0 Å². The number of aryl methyl sites for hydroxylation is 1. The molecule has 0 radical (unpaired) electrons. The average molecular weight is 339 g/mol. The van der Waals surface area contributed by atoms with Crippen LogP contribution in [0.1, 0.15) is 54.6 Å². The standard InChI is InChI=1S/C21H25NO3/c1-5-15(3)18-11-6-7-12-19(18)22-20(23)16(4)25-21(24)17-10-8-9-14(2)13-17/h6-13,15-16H,5H2,1-4H3,(H,22,23)/t15-,16-/m1/s1. The van der Waals surface area contributed by atoms with E-state index in [2.05, 4.69) is 19.2 Å². The number of anilines is 1. The number of carbonyl (C=O) groups is 2. The Kier molecular flexibility index (Phi) is 6.34. The Morgan fingerprint density at radius 1 is 1.08 bits per heavy atom. The number of nitrogens with one attached hydrogen (secondary N) is 1. The van der Waals surface area contributed by atoms with Crippen molar-refractivity contribution in [2.24, 2.45) is 0 Å². The van der Waals surface area contributed by atoms with E-state index in [1.54, 1.807) is 25.1 Å². The van der Waals surface area contributed by atoms with Gasteiger partial charge in [0, 0.05) is 5.69 Å². The molecule has 0 aliphatic heterocycles. The van der Waals surface area contributed by atoms with Gasteiger partial charge in [0.05, 0.1) is 5.56 Å². The first-order valence-corrected chi connectivity index (χ1v) is 8.59. The summed E-state index contributed by atoms with van der Waals surface area (Å²) in [4.78, 5) is 24.6. The van der Waals surface area contributed by atoms with Crippen LogP contribution in [0.4, 0.5) is 5.69 Å². The third-order valence-corrected chi connectivity index (χ3v) is 4.27. The Morgan fingerprint density at radius 3 is 2.48 bits per heavy atom. The van der Waals surface area contributed by atoms with Crippen LogP contribution in [0, 0.1) is 6.92 Å². The minimum atomic E-state index is -0.877. The fourth-order valence-electron chi connectivity index (χ4n) is 2.55. The van der Waals surface area contributed by atoms with E-state index in [0.717, 1.165) is 23.2 Å². The van der Waals surface area contributed by atoms with Gasteiger partial charge < -0.3 is 10.1 Å². The summed E-state index contributed by atoms with van der Waals surface area (Å²) >= 11 is 0. The molecule has 2 aromatic carbocycles. The van der Waals surface area contributed by atoms with Crippen LogP contribution in [0.3, 0.4) is 0 Å². The predicted molar refractivity (Wildman–Crippen MR) is 99.8 cm³/mol. The number of amides is 1. The summed E-state index contributed by atoms with van der Waals surface area (Å²) in [5.74, 6) is -0.500. The number of para-hydroxylation sites is 1. The first-order chi connectivity index (χ1) is 11.9. The molecule has 2 atom stereocenters. The van der Waals surface area contributed by atoms with Crippen LogP contribution in [0.15, 0.2) is 48.5 Å². The molecule has 1 amide bonds. The summed E-state index contributed by atoms with van der Waals surface area (Å²) < 4.78 is 5.30. The van der Waals surface area contributed by atoms with E-state index in [4.69, 9.17) is 4.74 Å². The maximum Gasteiger partial charge on any atom is 0.338 e. The molecule has 0 aromatic heterocycles. The highest BCUT2D eigenvalue weighted by Gasteiger charge is 2.20. The van der Waals surface area contributed by atoms with Crippen LogP contribution in [0.5, 0.6) is 0 Å². The zero-order valence-corrected chi connectivity index (χ0v) is 15.2. The van der Waals surface area contributed by atoms with Crippen molar-refractivity contribution in [3.05, 3.63) is 65.2 Å². The lowest BCUT2D eigenvalue weighted by Gasteiger charge is -2.18. The average Bonchev–Trinajstić information content (AvgIpc) is 2.61. The van der Waals surface area contributed by atoms with Gasteiger partial charge in [-0.1, -0.05) is 49.7 Å². The molecular formula is C21H25NO3. The first kappa shape index (κ1) is 18.7. The normalized spacial score (nSPS) is 13.0. The molecule has 0 saturated carbocycles. The number of benzene rings is 2. The SMILES string of the molecule is CC[C@@H](C)c1ccccc1NC(=O)[C@@H](C)OC(=O)c1cccc(C)c1. The molecule has 0 unspecified atom stereocenters. The summed E-state index contributed by atoms with van der Waals surface area (Å²) in [5.41, 5.74) is 3.25. The molecular weight excluding hydrogens is 314 g/mol. The largest absolute Gasteiger partial charge is 0.449 e. The second kappa shape index (κ2) is 8.47. The molecule has 0 spiro atoms. The highest BCUT2D eigenvalue weighted by molar-refractivity contribution is 5.97. The van der Waals surface area contributed by atoms with Gasteiger partial charge in [-0.05, 0) is 49.9 Å². The molecule has 4 heteroatoms. The van der Waals surface area contributed by atoms with Crippen LogP contribution in [-0.2, 0) is 9.53 Å². The predicted octanol–water partition coefficient (Wildman–Crippen LogP) is 4.69. The highest BCUT2D eigenvalue weighted by atomic mass is 16.5. The van der Waals surface area contributed by atoms with E-state index in [-0.39, 0.29) is 5.91 Å². The van der Waals surface area contributed by atoms with E-state index < -0.39 is 12.1 Å². The van der Waals surface area contributed by atoms with Crippen LogP contribution in [0.2, 0.25) is 0 Å². The maximum atomic E-state index is 12.4. The smallest absolute Gasteiger partial charge is 0.338 e. The summed E-state index contributed by atoms with van der Waals surface area (Å²) in [5, 5.41) is 2.88. The van der Waals surface area contributed by atoms with E-state index in [0.29, 0.717) is 11.5 Å². The molecule has 0 heterocycles. The lowest BCUT2D eigenvalue weighted by atomic mass is 9.97. The second-order valence-electron chi connectivity index (χ2n) is 6.30. The van der Waals surface area contributed by atoms with Crippen molar-refractivity contribution in [2.45, 2.75) is 46.1 Å². The second-order valence-corrected chi connectivity index (χ2v) is 6.30. The molecule has 0 saturated heterocycles. The number of esters is 1. The zero-order valence-electron chi connectivity index (χ0n) is 15.2. The number of hydrogen-bond acceptors (Lipinski definition) is 3. The lowest BCUT2D eigenvalue weighted by Crippen LogP contribution is -2.30. The highest BCUT2D eigenvalue weighted by Crippen LogP contribution is 2.26. The molecule has 0 aliphatic rings. The molecule has 2 rings (SSSR count). The van der Waals surface area contributed by atoms with Gasteiger partial charge >= 0.3 is 5.97 Å². The fraction of sp³-hybridized carbons (Fsp3) is 0.333. The van der Waals surface area contributed by atoms with Gasteiger partial charge in [0.2, 0.25) is 0 Å². The minimum Gasteiger partial charge on any atom is -0.449 e. The quantitative estimate of drug-likeness (QED) is 0.777. The minimum absolute atomic E-state index is 0.335. The van der Waals surface area contributed by atoms with E-state index in [9.17, 15) is 9.59 Å². The van der Waals surface area contributed by atoms with Gasteiger partial charge in [0.15, 0.2) is 6.10 Å². The van der Waals surface area contributed by atoms with Gasteiger partial charge in [-0.3, -0.25) is 4.79 Å². The molecule has 0 aliphatic carbocycles. The first-order valence-electron chi connectivity index (χ1n) is 8.59. The maximum absolute atomic E-state index is 12.4. The molecule has 2 aromatic rings. The fourth-order valence-corrected chi connectivity index (χ4v) is 2.55. The van der Waals surface area contributed by atoms with Gasteiger partial charge in [-0.2, -0.15) is 0 Å². The number of carbonyl (C=O) groups excluding carboxylic acids is 2. The molecule has 0 bridgehead atoms. The van der Waals surface area contributed by atoms with E-state index >= 15 is 0 Å². The van der Waals surface area contributed by atoms with Crippen molar-refractivity contribution >= 4 is 17.6 Å². The van der Waals surface area contributed by atoms with Crippen molar-refractivity contribution < 1.29 is 14.3 Å². The van der Waals surface area contributed by atoms with Crippen molar-refractivity contribution in [2.75, 3.05) is 5.32 Å². The molecule has 25 heavy (non-hydrogen) atoms. The van der Waals surface area contributed by atoms with Crippen LogP contribution >= 0.6 is 0 Å². The van der Waals surface area contributed by atoms with Gasteiger partial charge in [-0.25, -0.2) is 4.79 Å². The van der Waals surface area contributed by atoms with Crippen molar-refractivity contribution in [1.29, 1.82) is 0 Å². The Morgan fingerprint density at radius 2 is 1.80 bits per heavy atom. The Labute approximate surface area is 149 Å². The molecule has 1 N–H and O–H groups in total. The van der Waals surface area contributed by atoms with E-state index in [1.165, 1.54) is 0 Å². The molecule has 132 valence electrons. The Balaban J connectivity index is 2.05. The summed E-state index contributed by atoms with van der Waals surface area (Å²) in [7, 11) is 0. The summed E-state index contributed by atoms with van der Waals surface area (Å²) in [6, 6.07) is 14.8. The van der Waals surface area contributed by atoms with Crippen LogP contribution in [0.25, 0.3) is 0 Å². The van der Waals surface area contributed by atoms with Gasteiger partial charge in [0.25, 0.3) is 5.91 Å². The van der Waals surface area contributed by atoms with Crippen molar-refractivity contribution in [1.82, 2.24) is 0 Å². The van der Waals surface area contributed by atoms with Crippen LogP contribution < -0.4 is 5.32 Å². The van der Waals surface area contributed by atoms with Gasteiger partial charge in [0.1, 0.15) is 0 Å². The third kappa shape index (κ3) is 4.92. The van der Waals surface area contributed by atoms with Crippen LogP contribution in [-0.4, -0.2) is 18.0 Å². The summed E-state index contributed by atoms with van der Waals surface area (Å²) in [6.07, 6.45) is 0.100. The Hall–Kier alpha value is -2.62. The summed E-state index contributed by atoms with van der Waals surface area (Å²) in [6.45, 7) is 7.70. The number of rotatable bonds is 6. The molecule has 0 fully saturated rings. The zero-order chi connectivity index (χ0) is 18.4. The van der Waals surface area contributed by atoms with Gasteiger partial charge in [-0.15, -0.1) is 0 Å².